The molecule has 1 heterocycles. The number of methoxy groups -OCH3 is 2. The number of esters is 1. The fraction of sp³-hybridized carbons (Fsp3) is 0.938. The molecule has 1 aliphatic heterocycles. The fourth-order valence-electron chi connectivity index (χ4n) is 3.89. The molecule has 1 saturated carbocycles. The van der Waals surface area contributed by atoms with Crippen molar-refractivity contribution < 1.29 is 22.7 Å². The first-order valence-corrected chi connectivity index (χ1v) is 10.2. The number of ether oxygens (including phenoxy) is 2. The maximum atomic E-state index is 12.8. The number of sulfonamides is 1. The Labute approximate surface area is 144 Å². The smallest absolute Gasteiger partial charge is 0.310 e. The van der Waals surface area contributed by atoms with Crippen LogP contribution >= 0.6 is 0 Å². The third-order valence-corrected chi connectivity index (χ3v) is 7.28. The lowest BCUT2D eigenvalue weighted by molar-refractivity contribution is -0.146. The minimum atomic E-state index is -3.57. The molecule has 8 heteroatoms. The summed E-state index contributed by atoms with van der Waals surface area (Å²) in [5, 5.41) is 2.60. The Morgan fingerprint density at radius 2 is 1.88 bits per heavy atom. The van der Waals surface area contributed by atoms with Crippen LogP contribution in [0.3, 0.4) is 0 Å². The van der Waals surface area contributed by atoms with Crippen molar-refractivity contribution in [3.63, 3.8) is 0 Å². The van der Waals surface area contributed by atoms with Gasteiger partial charge in [-0.1, -0.05) is 12.8 Å². The summed E-state index contributed by atoms with van der Waals surface area (Å²) in [6, 6.07) is 0. The molecule has 0 aromatic carbocycles. The van der Waals surface area contributed by atoms with Crippen molar-refractivity contribution in [3.05, 3.63) is 0 Å². The molecule has 2 N–H and O–H groups in total. The van der Waals surface area contributed by atoms with Gasteiger partial charge >= 0.3 is 5.97 Å². The summed E-state index contributed by atoms with van der Waals surface area (Å²) in [5.74, 6) is -0.980. The third kappa shape index (κ3) is 4.68. The van der Waals surface area contributed by atoms with Gasteiger partial charge < -0.3 is 14.8 Å². The normalized spacial score (nSPS) is 27.6. The lowest BCUT2D eigenvalue weighted by Gasteiger charge is -2.38. The Kier molecular flexibility index (Phi) is 7.03. The molecule has 1 saturated heterocycles. The van der Waals surface area contributed by atoms with E-state index in [0.717, 1.165) is 38.8 Å². The van der Waals surface area contributed by atoms with Gasteiger partial charge in [0.1, 0.15) is 0 Å². The Balaban J connectivity index is 2.06. The first-order chi connectivity index (χ1) is 11.4. The first-order valence-electron chi connectivity index (χ1n) is 8.70. The highest BCUT2D eigenvalue weighted by atomic mass is 32.2. The Bertz CT molecular complexity index is 511. The zero-order valence-electron chi connectivity index (χ0n) is 14.7. The van der Waals surface area contributed by atoms with Crippen LogP contribution < -0.4 is 10.0 Å². The van der Waals surface area contributed by atoms with Crippen molar-refractivity contribution >= 4 is 16.0 Å². The molecule has 2 fully saturated rings. The number of hydrogen-bond acceptors (Lipinski definition) is 6. The zero-order valence-corrected chi connectivity index (χ0v) is 15.5. The molecular weight excluding hydrogens is 332 g/mol. The molecule has 1 aliphatic carbocycles. The average Bonchev–Trinajstić information content (AvgIpc) is 2.61. The van der Waals surface area contributed by atoms with E-state index in [9.17, 15) is 13.2 Å². The largest absolute Gasteiger partial charge is 0.469 e. The van der Waals surface area contributed by atoms with Crippen molar-refractivity contribution in [1.29, 1.82) is 0 Å². The average molecular weight is 362 g/mol. The van der Waals surface area contributed by atoms with E-state index in [1.807, 2.05) is 0 Å². The van der Waals surface area contributed by atoms with Gasteiger partial charge in [-0.25, -0.2) is 13.1 Å². The molecule has 0 radical (unpaired) electrons. The molecule has 24 heavy (non-hydrogen) atoms. The van der Waals surface area contributed by atoms with Crippen molar-refractivity contribution in [2.75, 3.05) is 40.5 Å². The van der Waals surface area contributed by atoms with Crippen LogP contribution in [0.1, 0.15) is 38.5 Å². The molecule has 0 bridgehead atoms. The summed E-state index contributed by atoms with van der Waals surface area (Å²) < 4.78 is 38.6. The van der Waals surface area contributed by atoms with E-state index >= 15 is 0 Å². The second-order valence-corrected chi connectivity index (χ2v) is 8.99. The van der Waals surface area contributed by atoms with Gasteiger partial charge in [0.15, 0.2) is 0 Å². The Morgan fingerprint density at radius 1 is 1.21 bits per heavy atom. The van der Waals surface area contributed by atoms with Crippen LogP contribution in [0.5, 0.6) is 0 Å². The molecule has 2 rings (SSSR count). The Morgan fingerprint density at radius 3 is 2.50 bits per heavy atom. The summed E-state index contributed by atoms with van der Waals surface area (Å²) in [6.07, 6.45) is 4.51. The van der Waals surface area contributed by atoms with Gasteiger partial charge in [0.05, 0.1) is 24.9 Å². The van der Waals surface area contributed by atoms with Gasteiger partial charge in [-0.05, 0) is 38.8 Å². The molecule has 0 spiro atoms. The number of piperidine rings is 1. The van der Waals surface area contributed by atoms with E-state index < -0.39 is 27.2 Å². The number of carbonyl (C=O) groups is 1. The lowest BCUT2D eigenvalue weighted by atomic mass is 9.80. The highest BCUT2D eigenvalue weighted by Gasteiger charge is 2.41. The molecule has 0 amide bonds. The molecule has 0 aromatic heterocycles. The van der Waals surface area contributed by atoms with E-state index in [0.29, 0.717) is 26.0 Å². The fourth-order valence-corrected chi connectivity index (χ4v) is 5.76. The highest BCUT2D eigenvalue weighted by molar-refractivity contribution is 7.90. The van der Waals surface area contributed by atoms with Crippen LogP contribution in [0.25, 0.3) is 0 Å². The van der Waals surface area contributed by atoms with E-state index in [1.165, 1.54) is 7.11 Å². The van der Waals surface area contributed by atoms with Gasteiger partial charge in [0.25, 0.3) is 0 Å². The molecule has 140 valence electrons. The number of hydrogen-bond donors (Lipinski definition) is 2. The van der Waals surface area contributed by atoms with E-state index in [4.69, 9.17) is 9.47 Å². The maximum Gasteiger partial charge on any atom is 0.310 e. The van der Waals surface area contributed by atoms with Crippen molar-refractivity contribution in [3.8, 4) is 0 Å². The second-order valence-electron chi connectivity index (χ2n) is 7.00. The molecule has 0 aromatic rings. The van der Waals surface area contributed by atoms with Crippen LogP contribution in [0.15, 0.2) is 0 Å². The van der Waals surface area contributed by atoms with Crippen molar-refractivity contribution in [2.24, 2.45) is 11.3 Å². The number of carbonyl (C=O) groups excluding carboxylic acids is 1. The van der Waals surface area contributed by atoms with E-state index in [1.54, 1.807) is 7.11 Å². The quantitative estimate of drug-likeness (QED) is 0.646. The van der Waals surface area contributed by atoms with Crippen LogP contribution in [0.2, 0.25) is 0 Å². The molecule has 2 atom stereocenters. The maximum absolute atomic E-state index is 12.8. The highest BCUT2D eigenvalue weighted by Crippen LogP contribution is 2.32. The molecule has 2 aliphatic rings. The van der Waals surface area contributed by atoms with Gasteiger partial charge in [-0.3, -0.25) is 4.79 Å². The molecule has 7 nitrogen and oxygen atoms in total. The summed E-state index contributed by atoms with van der Waals surface area (Å²) in [5.41, 5.74) is -0.178. The van der Waals surface area contributed by atoms with E-state index in [2.05, 4.69) is 10.0 Å². The standard InChI is InChI=1S/C16H30N2O5S/c1-22-12-16(7-9-17-10-8-16)11-18-24(20,21)14-6-4-3-5-13(14)15(19)23-2/h13-14,17-18H,3-12H2,1-2H3. The third-order valence-electron chi connectivity index (χ3n) is 5.37. The topological polar surface area (TPSA) is 93.7 Å². The minimum absolute atomic E-state index is 0.178. The SMILES string of the molecule is COCC1(CNS(=O)(=O)C2CCCCC2C(=O)OC)CCNCC1. The van der Waals surface area contributed by atoms with Crippen molar-refractivity contribution in [2.45, 2.75) is 43.8 Å². The van der Waals surface area contributed by atoms with Crippen molar-refractivity contribution in [1.82, 2.24) is 10.0 Å². The summed E-state index contributed by atoms with van der Waals surface area (Å²) in [4.78, 5) is 12.0. The number of nitrogens with one attached hydrogen (secondary N) is 2. The minimum Gasteiger partial charge on any atom is -0.469 e. The lowest BCUT2D eigenvalue weighted by Crippen LogP contribution is -2.50. The van der Waals surface area contributed by atoms with Gasteiger partial charge in [0.2, 0.25) is 10.0 Å². The second kappa shape index (κ2) is 8.60. The predicted octanol–water partition coefficient (Wildman–Crippen LogP) is 0.654. The van der Waals surface area contributed by atoms with Crippen LogP contribution in [-0.2, 0) is 24.3 Å². The summed E-state index contributed by atoms with van der Waals surface area (Å²) >= 11 is 0. The predicted molar refractivity (Wildman–Crippen MR) is 91.1 cm³/mol. The van der Waals surface area contributed by atoms with E-state index in [-0.39, 0.29) is 5.41 Å². The van der Waals surface area contributed by atoms with Gasteiger partial charge in [-0.15, -0.1) is 0 Å². The van der Waals surface area contributed by atoms with Crippen LogP contribution in [0.4, 0.5) is 0 Å². The van der Waals surface area contributed by atoms with Crippen LogP contribution in [0, 0.1) is 11.3 Å². The van der Waals surface area contributed by atoms with Gasteiger partial charge in [-0.2, -0.15) is 0 Å². The molecule has 2 unspecified atom stereocenters. The zero-order chi connectivity index (χ0) is 17.6. The Hall–Kier alpha value is -0.700. The molecular formula is C16H30N2O5S. The summed E-state index contributed by atoms with van der Waals surface area (Å²) in [7, 11) is -0.609. The van der Waals surface area contributed by atoms with Crippen LogP contribution in [-0.4, -0.2) is 60.1 Å². The first kappa shape index (κ1) is 19.6. The van der Waals surface area contributed by atoms with Gasteiger partial charge in [0, 0.05) is 19.1 Å². The monoisotopic (exact) mass is 362 g/mol. The number of rotatable bonds is 7. The summed E-state index contributed by atoms with van der Waals surface area (Å²) in [6.45, 7) is 2.61.